The zero-order valence-corrected chi connectivity index (χ0v) is 12.4. The Morgan fingerprint density at radius 2 is 1.90 bits per heavy atom. The minimum Gasteiger partial charge on any atom is -0.497 e. The summed E-state index contributed by atoms with van der Waals surface area (Å²) in [6.07, 6.45) is 0. The lowest BCUT2D eigenvalue weighted by atomic mass is 10.2. The van der Waals surface area contributed by atoms with Crippen molar-refractivity contribution in [1.29, 1.82) is 0 Å². The molecule has 21 heavy (non-hydrogen) atoms. The number of aromatic nitrogens is 2. The molecule has 1 heterocycles. The van der Waals surface area contributed by atoms with Crippen LogP contribution >= 0.6 is 11.6 Å². The second kappa shape index (κ2) is 5.18. The number of nitrogens with two attached hydrogens (primary N) is 1. The highest BCUT2D eigenvalue weighted by atomic mass is 35.5. The van der Waals surface area contributed by atoms with E-state index in [9.17, 15) is 0 Å². The summed E-state index contributed by atoms with van der Waals surface area (Å²) in [6, 6.07) is 11.1. The van der Waals surface area contributed by atoms with E-state index in [1.807, 2.05) is 34.9 Å². The van der Waals surface area contributed by atoms with Crippen molar-refractivity contribution in [3.05, 3.63) is 41.4 Å². The molecule has 5 nitrogen and oxygen atoms in total. The van der Waals surface area contributed by atoms with Gasteiger partial charge in [0.25, 0.3) is 0 Å². The third-order valence-corrected chi connectivity index (χ3v) is 3.59. The molecule has 0 saturated heterocycles. The maximum absolute atomic E-state index is 6.06. The zero-order chi connectivity index (χ0) is 15.0. The molecule has 2 aromatic carbocycles. The maximum Gasteiger partial charge on any atom is 0.205 e. The highest BCUT2D eigenvalue weighted by Gasteiger charge is 2.12. The number of ether oxygens (including phenoxy) is 2. The predicted molar refractivity (Wildman–Crippen MR) is 83.6 cm³/mol. The van der Waals surface area contributed by atoms with Crippen molar-refractivity contribution in [3.63, 3.8) is 0 Å². The SMILES string of the molecule is COc1ccc2c(c1)nc(N)n2-c1ccc(Cl)c(OC)c1. The van der Waals surface area contributed by atoms with Crippen LogP contribution in [0.25, 0.3) is 16.7 Å². The van der Waals surface area contributed by atoms with Gasteiger partial charge in [0.15, 0.2) is 0 Å². The van der Waals surface area contributed by atoms with Gasteiger partial charge in [-0.15, -0.1) is 0 Å². The summed E-state index contributed by atoms with van der Waals surface area (Å²) in [5.41, 5.74) is 8.53. The fraction of sp³-hybridized carbons (Fsp3) is 0.133. The lowest BCUT2D eigenvalue weighted by Crippen LogP contribution is -2.01. The van der Waals surface area contributed by atoms with Gasteiger partial charge in [0.05, 0.1) is 36.0 Å². The monoisotopic (exact) mass is 303 g/mol. The summed E-state index contributed by atoms with van der Waals surface area (Å²) in [7, 11) is 3.19. The van der Waals surface area contributed by atoms with Crippen molar-refractivity contribution in [2.45, 2.75) is 0 Å². The third-order valence-electron chi connectivity index (χ3n) is 3.28. The van der Waals surface area contributed by atoms with Gasteiger partial charge in [-0.25, -0.2) is 4.98 Å². The van der Waals surface area contributed by atoms with Crippen LogP contribution in [0.3, 0.4) is 0 Å². The first kappa shape index (κ1) is 13.6. The Labute approximate surface area is 126 Å². The minimum atomic E-state index is 0.391. The van der Waals surface area contributed by atoms with Crippen LogP contribution in [-0.4, -0.2) is 23.8 Å². The number of anilines is 1. The molecule has 0 spiro atoms. The predicted octanol–water partition coefficient (Wildman–Crippen LogP) is 3.28. The summed E-state index contributed by atoms with van der Waals surface area (Å²) in [6.45, 7) is 0. The maximum atomic E-state index is 6.06. The van der Waals surface area contributed by atoms with Gasteiger partial charge >= 0.3 is 0 Å². The topological polar surface area (TPSA) is 62.3 Å². The zero-order valence-electron chi connectivity index (χ0n) is 11.6. The first-order valence-electron chi connectivity index (χ1n) is 6.30. The number of nitrogens with zero attached hydrogens (tertiary/aromatic N) is 2. The van der Waals surface area contributed by atoms with E-state index in [2.05, 4.69) is 4.98 Å². The number of fused-ring (bicyclic) bond motifs is 1. The minimum absolute atomic E-state index is 0.391. The molecular weight excluding hydrogens is 290 g/mol. The second-order valence-electron chi connectivity index (χ2n) is 4.48. The highest BCUT2D eigenvalue weighted by Crippen LogP contribution is 2.31. The quantitative estimate of drug-likeness (QED) is 0.806. The fourth-order valence-corrected chi connectivity index (χ4v) is 2.46. The summed E-state index contributed by atoms with van der Waals surface area (Å²) >= 11 is 6.06. The van der Waals surface area contributed by atoms with Gasteiger partial charge in [0.1, 0.15) is 11.5 Å². The molecule has 108 valence electrons. The van der Waals surface area contributed by atoms with E-state index in [4.69, 9.17) is 26.8 Å². The van der Waals surface area contributed by atoms with Gasteiger partial charge in [0.2, 0.25) is 5.95 Å². The van der Waals surface area contributed by atoms with E-state index in [1.165, 1.54) is 0 Å². The molecular formula is C15H14ClN3O2. The summed E-state index contributed by atoms with van der Waals surface area (Å²) < 4.78 is 12.3. The molecule has 0 radical (unpaired) electrons. The van der Waals surface area contributed by atoms with Gasteiger partial charge in [-0.2, -0.15) is 0 Å². The first-order chi connectivity index (χ1) is 10.1. The molecule has 0 aliphatic heterocycles. The van der Waals surface area contributed by atoms with E-state index in [0.29, 0.717) is 16.7 Å². The Morgan fingerprint density at radius 1 is 1.10 bits per heavy atom. The van der Waals surface area contributed by atoms with Gasteiger partial charge in [-0.1, -0.05) is 11.6 Å². The highest BCUT2D eigenvalue weighted by molar-refractivity contribution is 6.32. The molecule has 0 fully saturated rings. The number of hydrogen-bond acceptors (Lipinski definition) is 4. The van der Waals surface area contributed by atoms with E-state index in [0.717, 1.165) is 22.5 Å². The molecule has 0 amide bonds. The van der Waals surface area contributed by atoms with Gasteiger partial charge in [0, 0.05) is 12.1 Å². The molecule has 3 aromatic rings. The van der Waals surface area contributed by atoms with Gasteiger partial charge in [-0.05, 0) is 24.3 Å². The number of halogens is 1. The van der Waals surface area contributed by atoms with Crippen molar-refractivity contribution >= 4 is 28.6 Å². The molecule has 0 saturated carbocycles. The van der Waals surface area contributed by atoms with Crippen LogP contribution in [0.1, 0.15) is 0 Å². The standard InChI is InChI=1S/C15H14ClN3O2/c1-20-10-4-6-13-12(8-10)18-15(17)19(13)9-3-5-11(16)14(7-9)21-2/h3-8H,1-2H3,(H2,17,18). The van der Waals surface area contributed by atoms with Crippen molar-refractivity contribution in [2.75, 3.05) is 20.0 Å². The smallest absolute Gasteiger partial charge is 0.205 e. The Balaban J connectivity index is 2.22. The Bertz CT molecular complexity index is 814. The molecule has 0 aliphatic carbocycles. The van der Waals surface area contributed by atoms with E-state index in [1.54, 1.807) is 20.3 Å². The number of imidazole rings is 1. The van der Waals surface area contributed by atoms with Crippen LogP contribution in [0.4, 0.5) is 5.95 Å². The van der Waals surface area contributed by atoms with Crippen LogP contribution in [0.15, 0.2) is 36.4 Å². The summed E-state index contributed by atoms with van der Waals surface area (Å²) in [5, 5.41) is 0.547. The van der Waals surface area contributed by atoms with Crippen molar-refractivity contribution in [2.24, 2.45) is 0 Å². The van der Waals surface area contributed by atoms with Gasteiger partial charge < -0.3 is 15.2 Å². The lowest BCUT2D eigenvalue weighted by Gasteiger charge is -2.10. The number of benzene rings is 2. The number of rotatable bonds is 3. The average molecular weight is 304 g/mol. The van der Waals surface area contributed by atoms with Crippen LogP contribution in [0.2, 0.25) is 5.02 Å². The number of hydrogen-bond donors (Lipinski definition) is 1. The number of nitrogen functional groups attached to an aromatic ring is 1. The molecule has 1 aromatic heterocycles. The molecule has 0 unspecified atom stereocenters. The molecule has 0 aliphatic rings. The normalized spacial score (nSPS) is 10.8. The third kappa shape index (κ3) is 2.25. The van der Waals surface area contributed by atoms with Crippen LogP contribution < -0.4 is 15.2 Å². The average Bonchev–Trinajstić information content (AvgIpc) is 2.82. The summed E-state index contributed by atoms with van der Waals surface area (Å²) in [4.78, 5) is 4.36. The van der Waals surface area contributed by atoms with Crippen LogP contribution in [0.5, 0.6) is 11.5 Å². The molecule has 0 bridgehead atoms. The molecule has 0 atom stereocenters. The Kier molecular flexibility index (Phi) is 3.35. The molecule has 3 rings (SSSR count). The summed E-state index contributed by atoms with van der Waals surface area (Å²) in [5.74, 6) is 1.72. The lowest BCUT2D eigenvalue weighted by molar-refractivity contribution is 0.415. The van der Waals surface area contributed by atoms with E-state index >= 15 is 0 Å². The van der Waals surface area contributed by atoms with Crippen LogP contribution in [0, 0.1) is 0 Å². The van der Waals surface area contributed by atoms with Crippen molar-refractivity contribution in [3.8, 4) is 17.2 Å². The van der Waals surface area contributed by atoms with Crippen molar-refractivity contribution in [1.82, 2.24) is 9.55 Å². The number of methoxy groups -OCH3 is 2. The van der Waals surface area contributed by atoms with Gasteiger partial charge in [-0.3, -0.25) is 4.57 Å². The van der Waals surface area contributed by atoms with E-state index < -0.39 is 0 Å². The second-order valence-corrected chi connectivity index (χ2v) is 4.89. The largest absolute Gasteiger partial charge is 0.497 e. The Morgan fingerprint density at radius 3 is 2.62 bits per heavy atom. The van der Waals surface area contributed by atoms with E-state index in [-0.39, 0.29) is 0 Å². The van der Waals surface area contributed by atoms with Crippen LogP contribution in [-0.2, 0) is 0 Å². The van der Waals surface area contributed by atoms with Crippen molar-refractivity contribution < 1.29 is 9.47 Å². The molecule has 2 N–H and O–H groups in total. The Hall–Kier alpha value is -2.40. The first-order valence-corrected chi connectivity index (χ1v) is 6.67. The molecule has 6 heteroatoms. The fourth-order valence-electron chi connectivity index (χ4n) is 2.26.